The van der Waals surface area contributed by atoms with E-state index in [0.29, 0.717) is 17.3 Å². The Balaban J connectivity index is 1.42. The number of hydrogen-bond donors (Lipinski definition) is 0. The Kier molecular flexibility index (Phi) is 6.34. The van der Waals surface area contributed by atoms with Gasteiger partial charge in [-0.05, 0) is 52.9 Å². The van der Waals surface area contributed by atoms with Gasteiger partial charge in [0.15, 0.2) is 0 Å². The summed E-state index contributed by atoms with van der Waals surface area (Å²) >= 11 is 0.697. The fraction of sp³-hybridized carbons (Fsp3) is 0.0370. The first-order valence-corrected chi connectivity index (χ1v) is 13.1. The molecule has 0 N–H and O–H groups in total. The van der Waals surface area contributed by atoms with Crippen molar-refractivity contribution in [1.82, 2.24) is 4.90 Å². The van der Waals surface area contributed by atoms with E-state index in [4.69, 9.17) is 4.18 Å². The fourth-order valence-electron chi connectivity index (χ4n) is 3.74. The van der Waals surface area contributed by atoms with E-state index in [1.165, 1.54) is 42.5 Å². The van der Waals surface area contributed by atoms with Gasteiger partial charge in [0, 0.05) is 11.1 Å². The number of fused-ring (bicyclic) bond motifs is 1. The van der Waals surface area contributed by atoms with Crippen LogP contribution in [0.1, 0.15) is 11.1 Å². The molecule has 0 atom stereocenters. The van der Waals surface area contributed by atoms with Crippen molar-refractivity contribution < 1.29 is 26.6 Å². The van der Waals surface area contributed by atoms with Crippen LogP contribution in [0.2, 0.25) is 0 Å². The zero-order chi connectivity index (χ0) is 25.3. The zero-order valence-electron chi connectivity index (χ0n) is 18.6. The van der Waals surface area contributed by atoms with Gasteiger partial charge in [-0.3, -0.25) is 14.5 Å². The van der Waals surface area contributed by atoms with Crippen molar-refractivity contribution in [3.8, 4) is 5.75 Å². The molecule has 2 amide bonds. The lowest BCUT2D eigenvalue weighted by Crippen LogP contribution is -2.27. The monoisotopic (exact) mass is 519 g/mol. The second-order valence-electron chi connectivity index (χ2n) is 7.94. The lowest BCUT2D eigenvalue weighted by atomic mass is 10.1. The van der Waals surface area contributed by atoms with Crippen molar-refractivity contribution in [2.75, 3.05) is 0 Å². The summed E-state index contributed by atoms with van der Waals surface area (Å²) in [6.45, 7) is -0.205. The molecule has 6 nitrogen and oxygen atoms in total. The maximum absolute atomic E-state index is 14.0. The fourth-order valence-corrected chi connectivity index (χ4v) is 5.56. The Labute approximate surface area is 211 Å². The SMILES string of the molecule is O=C1S/C(=C\c2ccccc2OS(=O)(=O)c2ccc3ccccc3c2)C(=O)N1Cc1ccccc1F. The number of imide groups is 1. The van der Waals surface area contributed by atoms with E-state index < -0.39 is 27.1 Å². The normalized spacial score (nSPS) is 15.1. The van der Waals surface area contributed by atoms with Gasteiger partial charge in [0.05, 0.1) is 11.4 Å². The molecule has 0 spiro atoms. The Hall–Kier alpha value is -3.95. The summed E-state index contributed by atoms with van der Waals surface area (Å²) in [7, 11) is -4.18. The molecule has 0 aliphatic carbocycles. The third-order valence-electron chi connectivity index (χ3n) is 5.57. The van der Waals surface area contributed by atoms with Crippen molar-refractivity contribution in [3.63, 3.8) is 0 Å². The number of nitrogens with zero attached hydrogens (tertiary/aromatic N) is 1. The lowest BCUT2D eigenvalue weighted by Gasteiger charge is -2.13. The summed E-state index contributed by atoms with van der Waals surface area (Å²) < 4.78 is 45.5. The number of carbonyl (C=O) groups excluding carboxylic acids is 2. The first-order chi connectivity index (χ1) is 17.3. The first kappa shape index (κ1) is 23.8. The van der Waals surface area contributed by atoms with E-state index in [1.807, 2.05) is 18.2 Å². The van der Waals surface area contributed by atoms with Crippen LogP contribution in [0.3, 0.4) is 0 Å². The van der Waals surface area contributed by atoms with E-state index in [0.717, 1.165) is 15.7 Å². The summed E-state index contributed by atoms with van der Waals surface area (Å²) in [5.41, 5.74) is 0.518. The minimum absolute atomic E-state index is 0.00608. The smallest absolute Gasteiger partial charge is 0.339 e. The molecular weight excluding hydrogens is 501 g/mol. The minimum atomic E-state index is -4.18. The highest BCUT2D eigenvalue weighted by atomic mass is 32.2. The number of carbonyl (C=O) groups is 2. The molecule has 0 bridgehead atoms. The van der Waals surface area contributed by atoms with Crippen LogP contribution in [0, 0.1) is 5.82 Å². The second kappa shape index (κ2) is 9.60. The van der Waals surface area contributed by atoms with Gasteiger partial charge in [0.2, 0.25) is 0 Å². The van der Waals surface area contributed by atoms with Crippen molar-refractivity contribution in [2.45, 2.75) is 11.4 Å². The number of amides is 2. The third kappa shape index (κ3) is 4.75. The zero-order valence-corrected chi connectivity index (χ0v) is 20.3. The average Bonchev–Trinajstić information content (AvgIpc) is 3.13. The van der Waals surface area contributed by atoms with Gasteiger partial charge >= 0.3 is 10.1 Å². The average molecular weight is 520 g/mol. The molecule has 4 aromatic rings. The van der Waals surface area contributed by atoms with Crippen LogP contribution in [-0.2, 0) is 21.5 Å². The number of thioether (sulfide) groups is 1. The molecule has 1 saturated heterocycles. The largest absolute Gasteiger partial charge is 0.378 e. The van der Waals surface area contributed by atoms with Gasteiger partial charge in [-0.2, -0.15) is 8.42 Å². The van der Waals surface area contributed by atoms with Gasteiger partial charge in [0.25, 0.3) is 11.1 Å². The van der Waals surface area contributed by atoms with Crippen LogP contribution < -0.4 is 4.18 Å². The van der Waals surface area contributed by atoms with Crippen LogP contribution in [0.15, 0.2) is 101 Å². The predicted molar refractivity (Wildman–Crippen MR) is 136 cm³/mol. The quantitative estimate of drug-likeness (QED) is 0.230. The van der Waals surface area contributed by atoms with Crippen LogP contribution in [0.25, 0.3) is 16.8 Å². The van der Waals surface area contributed by atoms with Crippen LogP contribution in [0.5, 0.6) is 5.75 Å². The van der Waals surface area contributed by atoms with Crippen molar-refractivity contribution >= 4 is 49.9 Å². The molecule has 1 aliphatic heterocycles. The van der Waals surface area contributed by atoms with Crippen molar-refractivity contribution in [2.24, 2.45) is 0 Å². The highest BCUT2D eigenvalue weighted by Crippen LogP contribution is 2.35. The van der Waals surface area contributed by atoms with Gasteiger partial charge < -0.3 is 4.18 Å². The predicted octanol–water partition coefficient (Wildman–Crippen LogP) is 5.98. The number of hydrogen-bond acceptors (Lipinski definition) is 6. The molecule has 0 radical (unpaired) electrons. The molecule has 0 aromatic heterocycles. The maximum Gasteiger partial charge on any atom is 0.339 e. The number of para-hydroxylation sites is 1. The summed E-state index contributed by atoms with van der Waals surface area (Å²) in [6, 6.07) is 24.3. The number of benzene rings is 4. The standard InChI is InChI=1S/C27H18FNO5S2/c28-23-11-5-3-10-21(23)17-29-26(30)25(35-27(29)31)16-20-9-4-6-12-24(20)34-36(32,33)22-14-13-18-7-1-2-8-19(18)15-22/h1-16H,17H2/b25-16-. The third-order valence-corrected chi connectivity index (χ3v) is 7.71. The molecule has 9 heteroatoms. The number of rotatable bonds is 6. The Morgan fingerprint density at radius 1 is 0.861 bits per heavy atom. The summed E-state index contributed by atoms with van der Waals surface area (Å²) in [5.74, 6) is -1.11. The van der Waals surface area contributed by atoms with Crippen LogP contribution in [-0.4, -0.2) is 24.5 Å². The number of halogens is 1. The summed E-state index contributed by atoms with van der Waals surface area (Å²) in [4.78, 5) is 26.4. The summed E-state index contributed by atoms with van der Waals surface area (Å²) in [5, 5.41) is 1.10. The Morgan fingerprint density at radius 3 is 2.36 bits per heavy atom. The lowest BCUT2D eigenvalue weighted by molar-refractivity contribution is -0.123. The molecule has 1 aliphatic rings. The highest BCUT2D eigenvalue weighted by molar-refractivity contribution is 8.18. The van der Waals surface area contributed by atoms with E-state index in [2.05, 4.69) is 0 Å². The van der Waals surface area contributed by atoms with Crippen molar-refractivity contribution in [3.05, 3.63) is 113 Å². The second-order valence-corrected chi connectivity index (χ2v) is 10.5. The van der Waals surface area contributed by atoms with Gasteiger partial charge in [-0.1, -0.05) is 66.7 Å². The van der Waals surface area contributed by atoms with E-state index >= 15 is 0 Å². The van der Waals surface area contributed by atoms with E-state index in [-0.39, 0.29) is 27.7 Å². The molecule has 4 aromatic carbocycles. The van der Waals surface area contributed by atoms with Crippen LogP contribution >= 0.6 is 11.8 Å². The topological polar surface area (TPSA) is 80.8 Å². The van der Waals surface area contributed by atoms with Crippen molar-refractivity contribution in [1.29, 1.82) is 0 Å². The summed E-state index contributed by atoms with van der Waals surface area (Å²) in [6.07, 6.45) is 1.40. The molecular formula is C27H18FNO5S2. The first-order valence-electron chi connectivity index (χ1n) is 10.8. The van der Waals surface area contributed by atoms with Gasteiger partial charge in [-0.25, -0.2) is 4.39 Å². The molecule has 180 valence electrons. The maximum atomic E-state index is 14.0. The molecule has 0 saturated carbocycles. The molecule has 5 rings (SSSR count). The minimum Gasteiger partial charge on any atom is -0.378 e. The van der Waals surface area contributed by atoms with Crippen LogP contribution in [0.4, 0.5) is 9.18 Å². The van der Waals surface area contributed by atoms with E-state index in [9.17, 15) is 22.4 Å². The van der Waals surface area contributed by atoms with E-state index in [1.54, 1.807) is 36.4 Å². The molecule has 36 heavy (non-hydrogen) atoms. The molecule has 1 fully saturated rings. The van der Waals surface area contributed by atoms with Gasteiger partial charge in [-0.15, -0.1) is 0 Å². The molecule has 0 unspecified atom stereocenters. The highest BCUT2D eigenvalue weighted by Gasteiger charge is 2.35. The molecule has 1 heterocycles. The Morgan fingerprint density at radius 2 is 1.56 bits per heavy atom. The Bertz CT molecular complexity index is 1650. The van der Waals surface area contributed by atoms with Gasteiger partial charge in [0.1, 0.15) is 16.5 Å².